The van der Waals surface area contributed by atoms with Crippen molar-refractivity contribution in [3.05, 3.63) is 40.5 Å². The Kier molecular flexibility index (Phi) is 8.81. The Morgan fingerprint density at radius 2 is 1.95 bits per heavy atom. The highest BCUT2D eigenvalue weighted by Crippen LogP contribution is 2.48. The van der Waals surface area contributed by atoms with Gasteiger partial charge in [-0.15, -0.1) is 0 Å². The van der Waals surface area contributed by atoms with E-state index in [0.717, 1.165) is 5.56 Å². The highest BCUT2D eigenvalue weighted by atomic mass is 35.5. The van der Waals surface area contributed by atoms with E-state index in [0.29, 0.717) is 70.3 Å². The van der Waals surface area contributed by atoms with Crippen LogP contribution in [-0.2, 0) is 16.1 Å². The smallest absolute Gasteiger partial charge is 0.243 e. The minimum atomic E-state index is -0.238. The Hall–Kier alpha value is -2.86. The average molecular weight is 582 g/mol. The number of methoxy groups -OCH3 is 2. The quantitative estimate of drug-likeness (QED) is 0.349. The first-order valence-electron chi connectivity index (χ1n) is 12.0. The Bertz CT molecular complexity index is 1220. The van der Waals surface area contributed by atoms with Crippen molar-refractivity contribution < 1.29 is 19.0 Å². The number of thiocarbonyl (C=S) groups is 1. The van der Waals surface area contributed by atoms with Gasteiger partial charge in [0.2, 0.25) is 11.9 Å². The molecule has 1 saturated heterocycles. The zero-order chi connectivity index (χ0) is 27.6. The number of hydrogen-bond acceptors (Lipinski definition) is 8. The number of aromatic nitrogens is 2. The molecule has 10 nitrogen and oxygen atoms in total. The van der Waals surface area contributed by atoms with E-state index in [-0.39, 0.29) is 24.0 Å². The molecule has 0 radical (unpaired) electrons. The Morgan fingerprint density at radius 1 is 1.26 bits per heavy atom. The van der Waals surface area contributed by atoms with Crippen LogP contribution < -0.4 is 29.9 Å². The zero-order valence-corrected chi connectivity index (χ0v) is 23.9. The van der Waals surface area contributed by atoms with Crippen LogP contribution in [0.2, 0.25) is 10.0 Å². The summed E-state index contributed by atoms with van der Waals surface area (Å²) in [5.74, 6) is 1.66. The molecular formula is C25H30Cl2N6O4S. The SMILES string of the molecule is C=CC(=O)N[C@H]1CCOC[C@H]1Nc1ncc2c(n1)N(C(C)C)C(=S)N(c1c(Cl)c(OC)cc(OC)c1Cl)C2. The lowest BCUT2D eigenvalue weighted by molar-refractivity contribution is -0.117. The van der Waals surface area contributed by atoms with Gasteiger partial charge in [0.1, 0.15) is 27.4 Å². The van der Waals surface area contributed by atoms with Gasteiger partial charge in [0, 0.05) is 30.5 Å². The second kappa shape index (κ2) is 11.9. The molecule has 4 rings (SSSR count). The maximum atomic E-state index is 11.9. The van der Waals surface area contributed by atoms with Gasteiger partial charge in [-0.25, -0.2) is 4.98 Å². The highest BCUT2D eigenvalue weighted by Gasteiger charge is 2.36. The van der Waals surface area contributed by atoms with E-state index >= 15 is 0 Å². The molecule has 0 saturated carbocycles. The summed E-state index contributed by atoms with van der Waals surface area (Å²) < 4.78 is 16.5. The molecule has 0 spiro atoms. The van der Waals surface area contributed by atoms with Crippen molar-refractivity contribution in [3.63, 3.8) is 0 Å². The third kappa shape index (κ3) is 5.47. The Morgan fingerprint density at radius 3 is 2.55 bits per heavy atom. The fraction of sp³-hybridized carbons (Fsp3) is 0.440. The van der Waals surface area contributed by atoms with Gasteiger partial charge in [-0.3, -0.25) is 4.79 Å². The number of carbonyl (C=O) groups is 1. The number of rotatable bonds is 8. The molecule has 1 fully saturated rings. The summed E-state index contributed by atoms with van der Waals surface area (Å²) in [4.78, 5) is 25.0. The zero-order valence-electron chi connectivity index (χ0n) is 21.6. The van der Waals surface area contributed by atoms with Gasteiger partial charge in [-0.1, -0.05) is 29.8 Å². The first kappa shape index (κ1) is 28.2. The molecule has 1 amide bonds. The fourth-order valence-corrected chi connectivity index (χ4v) is 5.61. The average Bonchev–Trinajstić information content (AvgIpc) is 2.90. The standard InChI is InChI=1S/C25H30Cl2N6O4S/c1-6-19(34)29-15-7-8-37-12-16(15)30-24-28-10-14-11-32(25(38)33(13(2)3)23(14)31-24)22-20(26)17(35-4)9-18(36-5)21(22)27/h6,9-10,13,15-16H,1,7-8,11-12H2,2-5H3,(H,29,34)(H,28,30,31)/t15-,16+/m0/s1. The minimum Gasteiger partial charge on any atom is -0.495 e. The number of hydrogen-bond donors (Lipinski definition) is 2. The van der Waals surface area contributed by atoms with Crippen LogP contribution in [0.4, 0.5) is 17.5 Å². The second-order valence-electron chi connectivity index (χ2n) is 9.07. The summed E-state index contributed by atoms with van der Waals surface area (Å²) in [6, 6.07) is 1.22. The van der Waals surface area contributed by atoms with Gasteiger partial charge in [0.05, 0.1) is 45.1 Å². The maximum absolute atomic E-state index is 11.9. The molecule has 0 bridgehead atoms. The number of nitrogens with one attached hydrogen (secondary N) is 2. The van der Waals surface area contributed by atoms with E-state index in [2.05, 4.69) is 22.2 Å². The molecule has 2 aliphatic rings. The lowest BCUT2D eigenvalue weighted by atomic mass is 10.0. The predicted molar refractivity (Wildman–Crippen MR) is 153 cm³/mol. The van der Waals surface area contributed by atoms with Crippen LogP contribution in [0.3, 0.4) is 0 Å². The van der Waals surface area contributed by atoms with E-state index in [1.54, 1.807) is 12.3 Å². The molecule has 2 aromatic rings. The third-order valence-electron chi connectivity index (χ3n) is 6.36. The summed E-state index contributed by atoms with van der Waals surface area (Å²) in [6.07, 6.45) is 3.66. The normalized spacial score (nSPS) is 19.2. The molecule has 2 atom stereocenters. The minimum absolute atomic E-state index is 0.0468. The number of ether oxygens (including phenoxy) is 3. The molecule has 0 aliphatic carbocycles. The van der Waals surface area contributed by atoms with Crippen LogP contribution in [0.5, 0.6) is 11.5 Å². The highest BCUT2D eigenvalue weighted by molar-refractivity contribution is 7.80. The summed E-state index contributed by atoms with van der Waals surface area (Å²) in [5, 5.41) is 7.37. The van der Waals surface area contributed by atoms with Crippen molar-refractivity contribution in [1.82, 2.24) is 15.3 Å². The number of anilines is 3. The van der Waals surface area contributed by atoms with Crippen molar-refractivity contribution in [2.24, 2.45) is 0 Å². The number of benzene rings is 1. The van der Waals surface area contributed by atoms with Gasteiger partial charge < -0.3 is 34.6 Å². The molecule has 13 heteroatoms. The van der Waals surface area contributed by atoms with Gasteiger partial charge in [-0.2, -0.15) is 4.98 Å². The number of fused-ring (bicyclic) bond motifs is 1. The number of nitrogens with zero attached hydrogens (tertiary/aromatic N) is 4. The molecule has 2 aliphatic heterocycles. The molecular weight excluding hydrogens is 551 g/mol. The van der Waals surface area contributed by atoms with Crippen molar-refractivity contribution in [1.29, 1.82) is 0 Å². The predicted octanol–water partition coefficient (Wildman–Crippen LogP) is 4.19. The molecule has 0 unspecified atom stereocenters. The largest absolute Gasteiger partial charge is 0.495 e. The topological polar surface area (TPSA) is 101 Å². The van der Waals surface area contributed by atoms with Crippen LogP contribution in [0.15, 0.2) is 24.9 Å². The van der Waals surface area contributed by atoms with E-state index < -0.39 is 0 Å². The van der Waals surface area contributed by atoms with Crippen LogP contribution in [0, 0.1) is 0 Å². The third-order valence-corrected chi connectivity index (χ3v) is 7.50. The maximum Gasteiger partial charge on any atom is 0.243 e. The molecule has 38 heavy (non-hydrogen) atoms. The van der Waals surface area contributed by atoms with Crippen LogP contribution in [0.25, 0.3) is 0 Å². The van der Waals surface area contributed by atoms with Gasteiger partial charge in [0.15, 0.2) is 5.11 Å². The molecule has 1 aromatic heterocycles. The monoisotopic (exact) mass is 580 g/mol. The van der Waals surface area contributed by atoms with Crippen LogP contribution >= 0.6 is 35.4 Å². The van der Waals surface area contributed by atoms with Gasteiger partial charge in [-0.05, 0) is 38.6 Å². The second-order valence-corrected chi connectivity index (χ2v) is 10.2. The lowest BCUT2D eigenvalue weighted by Crippen LogP contribution is -2.52. The van der Waals surface area contributed by atoms with Crippen molar-refractivity contribution in [2.45, 2.75) is 44.9 Å². The number of carbonyl (C=O) groups excluding carboxylic acids is 1. The lowest BCUT2D eigenvalue weighted by Gasteiger charge is -2.41. The van der Waals surface area contributed by atoms with Crippen molar-refractivity contribution in [2.75, 3.05) is 42.5 Å². The van der Waals surface area contributed by atoms with E-state index in [9.17, 15) is 4.79 Å². The van der Waals surface area contributed by atoms with Crippen LogP contribution in [0.1, 0.15) is 25.8 Å². The number of halogens is 2. The van der Waals surface area contributed by atoms with Gasteiger partial charge >= 0.3 is 0 Å². The first-order valence-corrected chi connectivity index (χ1v) is 13.2. The molecule has 2 N–H and O–H groups in total. The Labute approximate surface area is 237 Å². The molecule has 3 heterocycles. The molecule has 204 valence electrons. The summed E-state index contributed by atoms with van der Waals surface area (Å²) >= 11 is 19.4. The van der Waals surface area contributed by atoms with Gasteiger partial charge in [0.25, 0.3) is 0 Å². The first-order chi connectivity index (χ1) is 18.2. The fourth-order valence-electron chi connectivity index (χ4n) is 4.46. The summed E-state index contributed by atoms with van der Waals surface area (Å²) in [6.45, 7) is 8.84. The Balaban J connectivity index is 1.69. The summed E-state index contributed by atoms with van der Waals surface area (Å²) in [7, 11) is 3.05. The number of amides is 1. The van der Waals surface area contributed by atoms with E-state index in [1.165, 1.54) is 20.3 Å². The van der Waals surface area contributed by atoms with Crippen molar-refractivity contribution >= 4 is 63.9 Å². The van der Waals surface area contributed by atoms with E-state index in [1.807, 2.05) is 23.6 Å². The van der Waals surface area contributed by atoms with E-state index in [4.69, 9.17) is 54.6 Å². The molecule has 1 aromatic carbocycles. The summed E-state index contributed by atoms with van der Waals surface area (Å²) in [5.41, 5.74) is 1.30. The van der Waals surface area contributed by atoms with Crippen molar-refractivity contribution in [3.8, 4) is 11.5 Å². The van der Waals surface area contributed by atoms with Crippen LogP contribution in [-0.4, -0.2) is 66.5 Å².